The summed E-state index contributed by atoms with van der Waals surface area (Å²) in [6.45, 7) is 2.04. The average Bonchev–Trinajstić information content (AvgIpc) is 2.71. The van der Waals surface area contributed by atoms with E-state index in [2.05, 4.69) is 25.3 Å². The summed E-state index contributed by atoms with van der Waals surface area (Å²) in [5.74, 6) is 0.486. The van der Waals surface area contributed by atoms with Gasteiger partial charge in [0.1, 0.15) is 0 Å². The molecule has 0 saturated heterocycles. The van der Waals surface area contributed by atoms with Crippen LogP contribution in [0.15, 0.2) is 53.7 Å². The van der Waals surface area contributed by atoms with Gasteiger partial charge in [-0.1, -0.05) is 36.4 Å². The van der Waals surface area contributed by atoms with Crippen molar-refractivity contribution in [2.75, 3.05) is 19.7 Å². The highest BCUT2D eigenvalue weighted by Gasteiger charge is 2.28. The van der Waals surface area contributed by atoms with Gasteiger partial charge in [0.05, 0.1) is 12.6 Å². The lowest BCUT2D eigenvalue weighted by Gasteiger charge is -2.14. The van der Waals surface area contributed by atoms with Crippen molar-refractivity contribution in [3.8, 4) is 5.88 Å². The monoisotopic (exact) mass is 410 g/mol. The lowest BCUT2D eigenvalue weighted by molar-refractivity contribution is -0.154. The maximum absolute atomic E-state index is 12.2. The number of nitrogens with zero attached hydrogens (tertiary/aromatic N) is 2. The Morgan fingerprint density at radius 3 is 2.55 bits per heavy atom. The Morgan fingerprint density at radius 1 is 1.17 bits per heavy atom. The molecule has 0 fully saturated rings. The van der Waals surface area contributed by atoms with Gasteiger partial charge in [-0.25, -0.2) is 9.98 Å². The van der Waals surface area contributed by atoms with Crippen molar-refractivity contribution in [2.24, 2.45) is 4.99 Å². The van der Waals surface area contributed by atoms with Crippen molar-refractivity contribution in [1.29, 1.82) is 0 Å². The lowest BCUT2D eigenvalue weighted by atomic mass is 10.1. The van der Waals surface area contributed by atoms with Crippen LogP contribution in [0.2, 0.25) is 0 Å². The number of aliphatic hydroxyl groups excluding tert-OH is 1. The number of guanidine groups is 1. The molecule has 0 aliphatic rings. The molecule has 0 spiro atoms. The number of halogens is 3. The van der Waals surface area contributed by atoms with Crippen LogP contribution in [0.3, 0.4) is 0 Å². The molecule has 1 unspecified atom stereocenters. The molecule has 0 saturated carbocycles. The van der Waals surface area contributed by atoms with Crippen LogP contribution in [-0.4, -0.2) is 41.9 Å². The van der Waals surface area contributed by atoms with Crippen molar-refractivity contribution < 1.29 is 23.0 Å². The molecular formula is C20H25F3N4O2. The number of alkyl halides is 3. The maximum Gasteiger partial charge on any atom is 0.422 e. The number of rotatable bonds is 9. The van der Waals surface area contributed by atoms with E-state index in [-0.39, 0.29) is 5.88 Å². The third-order valence-corrected chi connectivity index (χ3v) is 3.84. The summed E-state index contributed by atoms with van der Waals surface area (Å²) in [4.78, 5) is 8.28. The van der Waals surface area contributed by atoms with E-state index in [4.69, 9.17) is 0 Å². The fraction of sp³-hybridized carbons (Fsp3) is 0.400. The van der Waals surface area contributed by atoms with Crippen molar-refractivity contribution in [3.05, 3.63) is 59.8 Å². The molecule has 1 aromatic carbocycles. The van der Waals surface area contributed by atoms with Crippen LogP contribution in [0.1, 0.15) is 30.6 Å². The molecule has 0 radical (unpaired) electrons. The predicted molar refractivity (Wildman–Crippen MR) is 105 cm³/mol. The van der Waals surface area contributed by atoms with E-state index in [0.29, 0.717) is 32.0 Å². The Hall–Kier alpha value is -2.81. The van der Waals surface area contributed by atoms with E-state index in [9.17, 15) is 18.3 Å². The second-order valence-electron chi connectivity index (χ2n) is 6.25. The zero-order valence-electron chi connectivity index (χ0n) is 16.1. The van der Waals surface area contributed by atoms with Crippen molar-refractivity contribution in [1.82, 2.24) is 15.6 Å². The first-order valence-electron chi connectivity index (χ1n) is 9.27. The van der Waals surface area contributed by atoms with Gasteiger partial charge in [-0.15, -0.1) is 0 Å². The fourth-order valence-electron chi connectivity index (χ4n) is 2.43. The summed E-state index contributed by atoms with van der Waals surface area (Å²) >= 11 is 0. The molecule has 0 amide bonds. The molecule has 9 heteroatoms. The SMILES string of the molecule is CCNC(=NCc1ccc(OCC(F)(F)F)nc1)NCCC(O)c1ccccc1. The summed E-state index contributed by atoms with van der Waals surface area (Å²) in [5.41, 5.74) is 1.58. The second kappa shape index (κ2) is 11.3. The molecule has 6 nitrogen and oxygen atoms in total. The highest BCUT2D eigenvalue weighted by atomic mass is 19.4. The molecule has 0 aliphatic heterocycles. The quantitative estimate of drug-likeness (QED) is 0.437. The summed E-state index contributed by atoms with van der Waals surface area (Å²) in [7, 11) is 0. The molecule has 158 valence electrons. The summed E-state index contributed by atoms with van der Waals surface area (Å²) in [6.07, 6.45) is -3.02. The van der Waals surface area contributed by atoms with Crippen LogP contribution >= 0.6 is 0 Å². The van der Waals surface area contributed by atoms with E-state index in [1.165, 1.54) is 12.3 Å². The van der Waals surface area contributed by atoms with Gasteiger partial charge in [0.2, 0.25) is 5.88 Å². The number of aliphatic hydroxyl groups is 1. The lowest BCUT2D eigenvalue weighted by Crippen LogP contribution is -2.38. The summed E-state index contributed by atoms with van der Waals surface area (Å²) in [5, 5.41) is 16.5. The van der Waals surface area contributed by atoms with Gasteiger partial charge >= 0.3 is 6.18 Å². The normalized spacial score (nSPS) is 13.1. The molecular weight excluding hydrogens is 385 g/mol. The number of benzene rings is 1. The van der Waals surface area contributed by atoms with Gasteiger partial charge in [0.25, 0.3) is 0 Å². The summed E-state index contributed by atoms with van der Waals surface area (Å²) in [6, 6.07) is 12.4. The zero-order valence-corrected chi connectivity index (χ0v) is 16.1. The van der Waals surface area contributed by atoms with Crippen LogP contribution in [0.5, 0.6) is 5.88 Å². The van der Waals surface area contributed by atoms with Gasteiger partial charge < -0.3 is 20.5 Å². The Kier molecular flexibility index (Phi) is 8.72. The van der Waals surface area contributed by atoms with Crippen molar-refractivity contribution in [2.45, 2.75) is 32.2 Å². The molecule has 3 N–H and O–H groups in total. The Labute approximate surface area is 167 Å². The molecule has 0 bridgehead atoms. The van der Waals surface area contributed by atoms with Crippen LogP contribution < -0.4 is 15.4 Å². The number of pyridine rings is 1. The van der Waals surface area contributed by atoms with E-state index in [1.807, 2.05) is 37.3 Å². The molecule has 2 aromatic rings. The third-order valence-electron chi connectivity index (χ3n) is 3.84. The number of hydrogen-bond donors (Lipinski definition) is 3. The third kappa shape index (κ3) is 8.82. The average molecular weight is 410 g/mol. The van der Waals surface area contributed by atoms with Crippen LogP contribution in [0, 0.1) is 0 Å². The number of aliphatic imine (C=N–C) groups is 1. The maximum atomic E-state index is 12.2. The number of hydrogen-bond acceptors (Lipinski definition) is 4. The minimum Gasteiger partial charge on any atom is -0.468 e. The second-order valence-corrected chi connectivity index (χ2v) is 6.25. The number of ether oxygens (including phenoxy) is 1. The summed E-state index contributed by atoms with van der Waals surface area (Å²) < 4.78 is 41.0. The predicted octanol–water partition coefficient (Wildman–Crippen LogP) is 3.20. The van der Waals surface area contributed by atoms with E-state index in [0.717, 1.165) is 11.1 Å². The smallest absolute Gasteiger partial charge is 0.422 e. The fourth-order valence-corrected chi connectivity index (χ4v) is 2.43. The molecule has 29 heavy (non-hydrogen) atoms. The van der Waals surface area contributed by atoms with Gasteiger partial charge in [0, 0.05) is 25.4 Å². The molecule has 1 heterocycles. The number of aromatic nitrogens is 1. The Balaban J connectivity index is 1.83. The molecule has 2 rings (SSSR count). The first-order valence-corrected chi connectivity index (χ1v) is 9.27. The molecule has 1 atom stereocenters. The van der Waals surface area contributed by atoms with E-state index in [1.54, 1.807) is 6.07 Å². The number of nitrogens with one attached hydrogen (secondary N) is 2. The molecule has 0 aliphatic carbocycles. The van der Waals surface area contributed by atoms with Crippen molar-refractivity contribution >= 4 is 5.96 Å². The van der Waals surface area contributed by atoms with E-state index < -0.39 is 18.9 Å². The van der Waals surface area contributed by atoms with Crippen molar-refractivity contribution in [3.63, 3.8) is 0 Å². The highest BCUT2D eigenvalue weighted by molar-refractivity contribution is 5.79. The topological polar surface area (TPSA) is 78.8 Å². The Bertz CT molecular complexity index is 753. The van der Waals surface area contributed by atoms with Crippen LogP contribution in [0.4, 0.5) is 13.2 Å². The minimum absolute atomic E-state index is 0.0880. The van der Waals surface area contributed by atoms with Gasteiger partial charge in [-0.2, -0.15) is 13.2 Å². The zero-order chi connectivity index (χ0) is 21.1. The minimum atomic E-state index is -4.40. The first kappa shape index (κ1) is 22.5. The highest BCUT2D eigenvalue weighted by Crippen LogP contribution is 2.17. The first-order chi connectivity index (χ1) is 13.9. The Morgan fingerprint density at radius 2 is 1.93 bits per heavy atom. The van der Waals surface area contributed by atoms with Gasteiger partial charge in [0.15, 0.2) is 12.6 Å². The van der Waals surface area contributed by atoms with E-state index >= 15 is 0 Å². The standard InChI is InChI=1S/C20H25F3N4O2/c1-2-24-19(25-11-10-17(28)16-6-4-3-5-7-16)27-13-15-8-9-18(26-12-15)29-14-20(21,22)23/h3-9,12,17,28H,2,10-11,13-14H2,1H3,(H2,24,25,27). The van der Waals surface area contributed by atoms with Gasteiger partial charge in [-0.3, -0.25) is 0 Å². The van der Waals surface area contributed by atoms with Crippen LogP contribution in [-0.2, 0) is 6.54 Å². The molecule has 1 aromatic heterocycles. The largest absolute Gasteiger partial charge is 0.468 e. The van der Waals surface area contributed by atoms with Crippen LogP contribution in [0.25, 0.3) is 0 Å². The van der Waals surface area contributed by atoms with Gasteiger partial charge in [-0.05, 0) is 24.5 Å².